The summed E-state index contributed by atoms with van der Waals surface area (Å²) in [4.78, 5) is 12.0. The van der Waals surface area contributed by atoms with E-state index < -0.39 is 18.8 Å². The van der Waals surface area contributed by atoms with Gasteiger partial charge in [0.25, 0.3) is 5.91 Å². The summed E-state index contributed by atoms with van der Waals surface area (Å²) in [5.74, 6) is -1.72. The van der Waals surface area contributed by atoms with Crippen molar-refractivity contribution in [3.05, 3.63) is 64.7 Å². The quantitative estimate of drug-likeness (QED) is 0.735. The van der Waals surface area contributed by atoms with Crippen LogP contribution in [0, 0.1) is 18.6 Å². The molecule has 0 bridgehead atoms. The van der Waals surface area contributed by atoms with Gasteiger partial charge >= 0.3 is 7.12 Å². The van der Waals surface area contributed by atoms with Crippen molar-refractivity contribution >= 4 is 18.5 Å². The van der Waals surface area contributed by atoms with E-state index in [-0.39, 0.29) is 23.4 Å². The summed E-state index contributed by atoms with van der Waals surface area (Å²) in [6, 6.07) is 7.67. The van der Waals surface area contributed by atoms with Crippen molar-refractivity contribution in [1.29, 1.82) is 0 Å². The molecule has 0 saturated carbocycles. The number of aryl methyl sites for hydroxylation is 1. The summed E-state index contributed by atoms with van der Waals surface area (Å²) in [5.41, 5.74) is 0.902. The van der Waals surface area contributed by atoms with Gasteiger partial charge in [-0.05, 0) is 47.8 Å². The highest BCUT2D eigenvalue weighted by Crippen LogP contribution is 2.09. The first-order valence-corrected chi connectivity index (χ1v) is 6.56. The van der Waals surface area contributed by atoms with Crippen LogP contribution in [0.4, 0.5) is 8.78 Å². The third kappa shape index (κ3) is 3.90. The highest BCUT2D eigenvalue weighted by atomic mass is 19.1. The van der Waals surface area contributed by atoms with Crippen LogP contribution in [0.1, 0.15) is 21.5 Å². The lowest BCUT2D eigenvalue weighted by Gasteiger charge is -2.08. The number of rotatable bonds is 4. The minimum Gasteiger partial charge on any atom is -0.423 e. The maximum absolute atomic E-state index is 13.4. The van der Waals surface area contributed by atoms with Gasteiger partial charge in [-0.2, -0.15) is 0 Å². The summed E-state index contributed by atoms with van der Waals surface area (Å²) in [7, 11) is -1.87. The van der Waals surface area contributed by atoms with Crippen molar-refractivity contribution in [3.8, 4) is 0 Å². The maximum atomic E-state index is 13.4. The highest BCUT2D eigenvalue weighted by Gasteiger charge is 2.16. The predicted molar refractivity (Wildman–Crippen MR) is 78.5 cm³/mol. The van der Waals surface area contributed by atoms with E-state index in [9.17, 15) is 13.6 Å². The van der Waals surface area contributed by atoms with Crippen molar-refractivity contribution in [2.45, 2.75) is 13.5 Å². The van der Waals surface area contributed by atoms with Crippen LogP contribution >= 0.6 is 0 Å². The van der Waals surface area contributed by atoms with Gasteiger partial charge in [0, 0.05) is 12.1 Å². The minimum atomic E-state index is -1.87. The van der Waals surface area contributed by atoms with Crippen LogP contribution in [-0.2, 0) is 6.54 Å². The second-order valence-electron chi connectivity index (χ2n) is 4.91. The van der Waals surface area contributed by atoms with Crippen molar-refractivity contribution in [2.75, 3.05) is 0 Å². The SMILES string of the molecule is Cc1ccc(CNC(=O)c2cc(F)cc(B(O)O)c2)cc1F. The maximum Gasteiger partial charge on any atom is 0.488 e. The molecule has 3 N–H and O–H groups in total. The highest BCUT2D eigenvalue weighted by molar-refractivity contribution is 6.58. The molecule has 0 atom stereocenters. The standard InChI is InChI=1S/C15H14BF2NO3/c1-9-2-3-10(4-14(9)18)8-19-15(20)11-5-12(16(21)22)7-13(17)6-11/h2-7,21-22H,8H2,1H3,(H,19,20). The van der Waals surface area contributed by atoms with Crippen LogP contribution in [0.3, 0.4) is 0 Å². The van der Waals surface area contributed by atoms with Crippen molar-refractivity contribution < 1.29 is 23.6 Å². The van der Waals surface area contributed by atoms with Crippen molar-refractivity contribution in [2.24, 2.45) is 0 Å². The number of benzene rings is 2. The molecule has 0 fully saturated rings. The second-order valence-corrected chi connectivity index (χ2v) is 4.91. The lowest BCUT2D eigenvalue weighted by Crippen LogP contribution is -2.32. The van der Waals surface area contributed by atoms with E-state index in [1.807, 2.05) is 0 Å². The molecule has 2 aromatic carbocycles. The third-order valence-corrected chi connectivity index (χ3v) is 3.17. The van der Waals surface area contributed by atoms with E-state index in [1.54, 1.807) is 19.1 Å². The Balaban J connectivity index is 2.10. The molecule has 0 aromatic heterocycles. The number of hydrogen-bond acceptors (Lipinski definition) is 3. The molecule has 22 heavy (non-hydrogen) atoms. The lowest BCUT2D eigenvalue weighted by atomic mass is 9.79. The Kier molecular flexibility index (Phi) is 4.90. The van der Waals surface area contributed by atoms with Gasteiger partial charge in [-0.1, -0.05) is 12.1 Å². The van der Waals surface area contributed by atoms with E-state index in [0.717, 1.165) is 12.1 Å². The molecular weight excluding hydrogens is 291 g/mol. The Morgan fingerprint density at radius 3 is 2.55 bits per heavy atom. The summed E-state index contributed by atoms with van der Waals surface area (Å²) in [5, 5.41) is 20.6. The van der Waals surface area contributed by atoms with Gasteiger partial charge < -0.3 is 15.4 Å². The van der Waals surface area contributed by atoms with Gasteiger partial charge in [0.05, 0.1) is 0 Å². The zero-order valence-corrected chi connectivity index (χ0v) is 11.8. The van der Waals surface area contributed by atoms with E-state index in [0.29, 0.717) is 11.1 Å². The van der Waals surface area contributed by atoms with Crippen LogP contribution in [0.2, 0.25) is 0 Å². The van der Waals surface area contributed by atoms with Gasteiger partial charge in [0.1, 0.15) is 11.6 Å². The first-order chi connectivity index (χ1) is 10.4. The van der Waals surface area contributed by atoms with Gasteiger partial charge in [-0.25, -0.2) is 8.78 Å². The number of halogens is 2. The molecule has 4 nitrogen and oxygen atoms in total. The number of carbonyl (C=O) groups is 1. The van der Waals surface area contributed by atoms with Gasteiger partial charge in [-0.3, -0.25) is 4.79 Å². The van der Waals surface area contributed by atoms with Crippen LogP contribution in [0.5, 0.6) is 0 Å². The van der Waals surface area contributed by atoms with Crippen LogP contribution in [-0.4, -0.2) is 23.1 Å². The summed E-state index contributed by atoms with van der Waals surface area (Å²) in [6.45, 7) is 1.70. The van der Waals surface area contributed by atoms with E-state index in [1.165, 1.54) is 12.1 Å². The van der Waals surface area contributed by atoms with Crippen molar-refractivity contribution in [1.82, 2.24) is 5.32 Å². The fourth-order valence-corrected chi connectivity index (χ4v) is 1.92. The zero-order chi connectivity index (χ0) is 16.3. The average Bonchev–Trinajstić information content (AvgIpc) is 2.47. The topological polar surface area (TPSA) is 69.6 Å². The Labute approximate surface area is 126 Å². The zero-order valence-electron chi connectivity index (χ0n) is 11.8. The average molecular weight is 305 g/mol. The van der Waals surface area contributed by atoms with E-state index >= 15 is 0 Å². The molecule has 1 amide bonds. The molecule has 7 heteroatoms. The number of carbonyl (C=O) groups excluding carboxylic acids is 1. The molecule has 114 valence electrons. The normalized spacial score (nSPS) is 10.4. The fraction of sp³-hybridized carbons (Fsp3) is 0.133. The molecule has 0 radical (unpaired) electrons. The van der Waals surface area contributed by atoms with Gasteiger partial charge in [0.2, 0.25) is 0 Å². The molecule has 0 aliphatic carbocycles. The molecule has 2 rings (SSSR count). The first-order valence-electron chi connectivity index (χ1n) is 6.56. The molecular formula is C15H14BF2NO3. The van der Waals surface area contributed by atoms with Crippen LogP contribution in [0.25, 0.3) is 0 Å². The molecule has 2 aromatic rings. The monoisotopic (exact) mass is 305 g/mol. The van der Waals surface area contributed by atoms with Crippen LogP contribution < -0.4 is 10.8 Å². The molecule has 0 unspecified atom stereocenters. The van der Waals surface area contributed by atoms with E-state index in [4.69, 9.17) is 10.0 Å². The summed E-state index contributed by atoms with van der Waals surface area (Å²) < 4.78 is 26.8. The number of hydrogen-bond donors (Lipinski definition) is 3. The lowest BCUT2D eigenvalue weighted by molar-refractivity contribution is 0.0950. The third-order valence-electron chi connectivity index (χ3n) is 3.17. The van der Waals surface area contributed by atoms with Crippen molar-refractivity contribution in [3.63, 3.8) is 0 Å². The molecule has 0 aliphatic rings. The Morgan fingerprint density at radius 1 is 1.18 bits per heavy atom. The summed E-state index contributed by atoms with van der Waals surface area (Å²) >= 11 is 0. The Bertz CT molecular complexity index is 707. The largest absolute Gasteiger partial charge is 0.488 e. The predicted octanol–water partition coefficient (Wildman–Crippen LogP) is 0.883. The Morgan fingerprint density at radius 2 is 1.91 bits per heavy atom. The fourth-order valence-electron chi connectivity index (χ4n) is 1.92. The summed E-state index contributed by atoms with van der Waals surface area (Å²) in [6.07, 6.45) is 0. The molecule has 0 saturated heterocycles. The first kappa shape index (κ1) is 16.1. The molecule has 0 heterocycles. The molecule has 0 aliphatic heterocycles. The smallest absolute Gasteiger partial charge is 0.423 e. The van der Waals surface area contributed by atoms with Gasteiger partial charge in [-0.15, -0.1) is 0 Å². The van der Waals surface area contributed by atoms with E-state index in [2.05, 4.69) is 5.32 Å². The van der Waals surface area contributed by atoms with Crippen LogP contribution in [0.15, 0.2) is 36.4 Å². The number of amides is 1. The second kappa shape index (κ2) is 6.68. The minimum absolute atomic E-state index is 0.0457. The Hall–Kier alpha value is -2.25. The number of nitrogens with one attached hydrogen (secondary N) is 1. The van der Waals surface area contributed by atoms with Gasteiger partial charge in [0.15, 0.2) is 0 Å². The molecule has 0 spiro atoms.